The fourth-order valence-electron chi connectivity index (χ4n) is 6.29. The number of rotatable bonds is 9. The Morgan fingerprint density at radius 2 is 2.05 bits per heavy atom. The summed E-state index contributed by atoms with van der Waals surface area (Å²) >= 11 is 0. The first-order chi connectivity index (χ1) is 19.4. The van der Waals surface area contributed by atoms with Crippen molar-refractivity contribution in [2.45, 2.75) is 51.9 Å². The summed E-state index contributed by atoms with van der Waals surface area (Å²) in [4.78, 5) is 22.9. The molecule has 1 aromatic carbocycles. The number of carbonyl (C=O) groups excluding carboxylic acids is 1. The lowest BCUT2D eigenvalue weighted by atomic mass is 9.83. The van der Waals surface area contributed by atoms with E-state index in [1.54, 1.807) is 18.0 Å². The smallest absolute Gasteiger partial charge is 0.234 e. The molecule has 5 heterocycles. The van der Waals surface area contributed by atoms with Gasteiger partial charge in [0.1, 0.15) is 6.33 Å². The number of likely N-dealkylation sites (tertiary alicyclic amines) is 1. The molecular weight excluding hydrogens is 504 g/mol. The molecule has 4 aromatic rings. The molecule has 2 fully saturated rings. The molecule has 3 aromatic heterocycles. The molecule has 0 unspecified atom stereocenters. The molecule has 0 spiro atoms. The number of aromatic amines is 1. The standard InChI is InChI=1S/C31H40N6O3/c1-5-31(17-40-18-31)16-32-27(38)15-36-10-8-21(9-11-36)22-6-7-25-24(12-22)28(20(2)3)29(35-25)23-13-26(39-4)30-33-19-34-37(30)14-23/h6-7,12-14,19-21,35H,5,8-11,15-18H2,1-4H3,(H,32,38). The maximum Gasteiger partial charge on any atom is 0.234 e. The van der Waals surface area contributed by atoms with Crippen molar-refractivity contribution < 1.29 is 14.3 Å². The molecular formula is C31H40N6O3. The zero-order valence-electron chi connectivity index (χ0n) is 24.0. The van der Waals surface area contributed by atoms with Crippen molar-refractivity contribution in [3.8, 4) is 17.0 Å². The highest BCUT2D eigenvalue weighted by molar-refractivity contribution is 5.92. The SMILES string of the molecule is CCC1(CNC(=O)CN2CCC(c3ccc4[nH]c(-c5cc(OC)c6ncnn6c5)c(C(C)C)c4c3)CC2)COC1. The summed E-state index contributed by atoms with van der Waals surface area (Å²) in [5.41, 5.74) is 6.78. The van der Waals surface area contributed by atoms with E-state index in [1.165, 1.54) is 16.5 Å². The number of carbonyl (C=O) groups is 1. The van der Waals surface area contributed by atoms with Gasteiger partial charge in [-0.25, -0.2) is 9.50 Å². The van der Waals surface area contributed by atoms with Gasteiger partial charge >= 0.3 is 0 Å². The van der Waals surface area contributed by atoms with Crippen LogP contribution < -0.4 is 10.1 Å². The second-order valence-electron chi connectivity index (χ2n) is 11.9. The van der Waals surface area contributed by atoms with Gasteiger partial charge in [-0.2, -0.15) is 5.10 Å². The van der Waals surface area contributed by atoms with Crippen LogP contribution in [-0.4, -0.2) is 76.9 Å². The Bertz CT molecular complexity index is 1500. The Morgan fingerprint density at radius 3 is 2.73 bits per heavy atom. The van der Waals surface area contributed by atoms with E-state index in [0.29, 0.717) is 29.8 Å². The van der Waals surface area contributed by atoms with Gasteiger partial charge in [-0.1, -0.05) is 26.8 Å². The number of hydrogen-bond acceptors (Lipinski definition) is 6. The van der Waals surface area contributed by atoms with Gasteiger partial charge in [0.15, 0.2) is 11.4 Å². The molecule has 9 nitrogen and oxygen atoms in total. The lowest BCUT2D eigenvalue weighted by molar-refractivity contribution is -0.131. The van der Waals surface area contributed by atoms with Gasteiger partial charge < -0.3 is 19.8 Å². The highest BCUT2D eigenvalue weighted by Gasteiger charge is 2.37. The Kier molecular flexibility index (Phi) is 7.27. The molecule has 2 aliphatic heterocycles. The quantitative estimate of drug-likeness (QED) is 0.316. The number of fused-ring (bicyclic) bond motifs is 2. The van der Waals surface area contributed by atoms with Gasteiger partial charge in [-0.3, -0.25) is 9.69 Å². The van der Waals surface area contributed by atoms with Crippen LogP contribution in [0.1, 0.15) is 63.0 Å². The maximum absolute atomic E-state index is 12.6. The number of nitrogens with zero attached hydrogens (tertiary/aromatic N) is 4. The minimum Gasteiger partial charge on any atom is -0.493 e. The van der Waals surface area contributed by atoms with Crippen LogP contribution in [0.15, 0.2) is 36.8 Å². The minimum atomic E-state index is 0.127. The number of pyridine rings is 1. The van der Waals surface area contributed by atoms with Gasteiger partial charge in [0, 0.05) is 34.6 Å². The van der Waals surface area contributed by atoms with Crippen molar-refractivity contribution in [1.82, 2.24) is 29.8 Å². The molecule has 40 heavy (non-hydrogen) atoms. The molecule has 6 rings (SSSR count). The summed E-state index contributed by atoms with van der Waals surface area (Å²) in [5.74, 6) is 1.65. The summed E-state index contributed by atoms with van der Waals surface area (Å²) in [6.45, 7) is 11.2. The third-order valence-corrected chi connectivity index (χ3v) is 8.94. The topological polar surface area (TPSA) is 96.8 Å². The number of benzene rings is 1. The van der Waals surface area contributed by atoms with Crippen LogP contribution in [0.4, 0.5) is 0 Å². The van der Waals surface area contributed by atoms with E-state index in [-0.39, 0.29) is 11.3 Å². The predicted molar refractivity (Wildman–Crippen MR) is 156 cm³/mol. The Morgan fingerprint density at radius 1 is 1.25 bits per heavy atom. The molecule has 0 aliphatic carbocycles. The lowest BCUT2D eigenvalue weighted by Gasteiger charge is -2.41. The third kappa shape index (κ3) is 4.97. The number of H-pyrrole nitrogens is 1. The fourth-order valence-corrected chi connectivity index (χ4v) is 6.29. The predicted octanol–water partition coefficient (Wildman–Crippen LogP) is 4.73. The third-order valence-electron chi connectivity index (χ3n) is 8.94. The normalized spacial score (nSPS) is 17.9. The first-order valence-electron chi connectivity index (χ1n) is 14.5. The van der Waals surface area contributed by atoms with Crippen LogP contribution in [0.25, 0.3) is 27.8 Å². The van der Waals surface area contributed by atoms with E-state index < -0.39 is 0 Å². The maximum atomic E-state index is 12.6. The second-order valence-corrected chi connectivity index (χ2v) is 11.9. The van der Waals surface area contributed by atoms with E-state index in [2.05, 4.69) is 64.3 Å². The Balaban J connectivity index is 1.17. The van der Waals surface area contributed by atoms with Crippen molar-refractivity contribution in [3.05, 3.63) is 47.9 Å². The van der Waals surface area contributed by atoms with Crippen molar-refractivity contribution in [2.24, 2.45) is 5.41 Å². The van der Waals surface area contributed by atoms with Crippen LogP contribution in [0.5, 0.6) is 5.75 Å². The van der Waals surface area contributed by atoms with E-state index in [4.69, 9.17) is 9.47 Å². The second kappa shape index (κ2) is 10.9. The molecule has 2 saturated heterocycles. The minimum absolute atomic E-state index is 0.127. The largest absolute Gasteiger partial charge is 0.493 e. The number of nitrogens with one attached hydrogen (secondary N) is 2. The van der Waals surface area contributed by atoms with Crippen LogP contribution in [0.3, 0.4) is 0 Å². The highest BCUT2D eigenvalue weighted by atomic mass is 16.5. The first kappa shape index (κ1) is 26.8. The average Bonchev–Trinajstić information content (AvgIpc) is 3.57. The molecule has 9 heteroatoms. The van der Waals surface area contributed by atoms with E-state index >= 15 is 0 Å². The molecule has 0 radical (unpaired) electrons. The number of ether oxygens (including phenoxy) is 2. The van der Waals surface area contributed by atoms with E-state index in [1.807, 2.05) is 12.3 Å². The van der Waals surface area contributed by atoms with Gasteiger partial charge in [0.05, 0.1) is 32.6 Å². The lowest BCUT2D eigenvalue weighted by Crippen LogP contribution is -2.52. The number of aromatic nitrogens is 4. The summed E-state index contributed by atoms with van der Waals surface area (Å²) in [6, 6.07) is 8.91. The first-order valence-corrected chi connectivity index (χ1v) is 14.5. The summed E-state index contributed by atoms with van der Waals surface area (Å²) < 4.78 is 12.8. The van der Waals surface area contributed by atoms with Crippen molar-refractivity contribution in [2.75, 3.05) is 46.5 Å². The number of methoxy groups -OCH3 is 1. The van der Waals surface area contributed by atoms with Gasteiger partial charge in [0.25, 0.3) is 0 Å². The number of hydrogen-bond donors (Lipinski definition) is 2. The van der Waals surface area contributed by atoms with Gasteiger partial charge in [0.2, 0.25) is 5.91 Å². The summed E-state index contributed by atoms with van der Waals surface area (Å²) in [7, 11) is 1.67. The number of amides is 1. The molecule has 0 atom stereocenters. The van der Waals surface area contributed by atoms with Gasteiger partial charge in [-0.15, -0.1) is 0 Å². The zero-order valence-corrected chi connectivity index (χ0v) is 24.0. The van der Waals surface area contributed by atoms with Gasteiger partial charge in [-0.05, 0) is 73.5 Å². The monoisotopic (exact) mass is 544 g/mol. The van der Waals surface area contributed by atoms with Crippen molar-refractivity contribution >= 4 is 22.5 Å². The molecule has 212 valence electrons. The average molecular weight is 545 g/mol. The van der Waals surface area contributed by atoms with Crippen LogP contribution in [0.2, 0.25) is 0 Å². The molecule has 1 amide bonds. The summed E-state index contributed by atoms with van der Waals surface area (Å²) in [5, 5.41) is 8.77. The molecule has 2 N–H and O–H groups in total. The van der Waals surface area contributed by atoms with Crippen molar-refractivity contribution in [3.63, 3.8) is 0 Å². The molecule has 0 saturated carbocycles. The van der Waals surface area contributed by atoms with E-state index in [9.17, 15) is 4.79 Å². The number of piperidine rings is 1. The highest BCUT2D eigenvalue weighted by Crippen LogP contribution is 2.39. The zero-order chi connectivity index (χ0) is 27.9. The Hall–Kier alpha value is -3.43. The summed E-state index contributed by atoms with van der Waals surface area (Å²) in [6.07, 6.45) is 6.71. The molecule has 0 bridgehead atoms. The van der Waals surface area contributed by atoms with Crippen molar-refractivity contribution in [1.29, 1.82) is 0 Å². The van der Waals surface area contributed by atoms with Crippen LogP contribution in [0, 0.1) is 5.41 Å². The fraction of sp³-hybridized carbons (Fsp3) is 0.516. The molecule has 2 aliphatic rings. The van der Waals surface area contributed by atoms with Crippen LogP contribution in [-0.2, 0) is 9.53 Å². The van der Waals surface area contributed by atoms with Crippen LogP contribution >= 0.6 is 0 Å². The Labute approximate surface area is 235 Å². The van der Waals surface area contributed by atoms with E-state index in [0.717, 1.165) is 68.9 Å².